The fraction of sp³-hybridized carbons (Fsp3) is 0.478. The smallest absolute Gasteiger partial charge is 0.175 e. The number of nitrogens with one attached hydrogen (secondary N) is 1. The fourth-order valence-electron chi connectivity index (χ4n) is 2.74. The van der Waals surface area contributed by atoms with E-state index in [0.717, 1.165) is 66.2 Å². The van der Waals surface area contributed by atoms with Crippen molar-refractivity contribution in [1.82, 2.24) is 5.32 Å². The van der Waals surface area contributed by atoms with Crippen LogP contribution in [0.3, 0.4) is 0 Å². The molecule has 30 heavy (non-hydrogen) atoms. The molecule has 0 amide bonds. The molecule has 0 saturated carbocycles. The molecule has 0 spiro atoms. The van der Waals surface area contributed by atoms with E-state index in [1.807, 2.05) is 37.3 Å². The van der Waals surface area contributed by atoms with Crippen LogP contribution in [-0.2, 0) is 17.9 Å². The highest BCUT2D eigenvalue weighted by Crippen LogP contribution is 2.37. The standard InChI is InChI=1S/C23H31BrClNO3.ClH/c1-3-5-12-27-13-6-11-26-16-19-14-21(24)23(22(15-19)28-4-2)29-17-18-7-9-20(25)10-8-18;/h7-10,14-15,26H,3-6,11-13,16-17H2,1-2H3;1H. The van der Waals surface area contributed by atoms with Gasteiger partial charge in [-0.25, -0.2) is 0 Å². The number of benzene rings is 2. The van der Waals surface area contributed by atoms with Crippen molar-refractivity contribution < 1.29 is 14.2 Å². The maximum atomic E-state index is 6.04. The van der Waals surface area contributed by atoms with Crippen LogP contribution in [0.1, 0.15) is 44.2 Å². The van der Waals surface area contributed by atoms with E-state index >= 15 is 0 Å². The molecule has 2 aromatic carbocycles. The minimum absolute atomic E-state index is 0. The van der Waals surface area contributed by atoms with Gasteiger partial charge in [0, 0.05) is 24.8 Å². The van der Waals surface area contributed by atoms with Crippen LogP contribution in [-0.4, -0.2) is 26.4 Å². The molecule has 0 unspecified atom stereocenters. The Kier molecular flexibility index (Phi) is 14.2. The quantitative estimate of drug-likeness (QED) is 0.278. The average molecular weight is 521 g/mol. The third-order valence-electron chi connectivity index (χ3n) is 4.28. The molecule has 0 aliphatic rings. The first-order valence-electron chi connectivity index (χ1n) is 10.2. The van der Waals surface area contributed by atoms with Crippen LogP contribution < -0.4 is 14.8 Å². The molecule has 2 aromatic rings. The number of unbranched alkanes of at least 4 members (excludes halogenated alkanes) is 1. The van der Waals surface area contributed by atoms with Gasteiger partial charge in [0.05, 0.1) is 11.1 Å². The SMILES string of the molecule is CCCCOCCCNCc1cc(Br)c(OCc2ccc(Cl)cc2)c(OCC)c1.Cl. The van der Waals surface area contributed by atoms with Crippen LogP contribution in [0.5, 0.6) is 11.5 Å². The van der Waals surface area contributed by atoms with Crippen molar-refractivity contribution in [1.29, 1.82) is 0 Å². The number of hydrogen-bond donors (Lipinski definition) is 1. The maximum absolute atomic E-state index is 6.04. The maximum Gasteiger partial charge on any atom is 0.175 e. The lowest BCUT2D eigenvalue weighted by Gasteiger charge is -2.16. The van der Waals surface area contributed by atoms with Crippen LogP contribution in [0.4, 0.5) is 0 Å². The molecule has 0 bridgehead atoms. The number of hydrogen-bond acceptors (Lipinski definition) is 4. The van der Waals surface area contributed by atoms with E-state index in [9.17, 15) is 0 Å². The second-order valence-corrected chi connectivity index (χ2v) is 8.04. The normalized spacial score (nSPS) is 10.5. The van der Waals surface area contributed by atoms with Crippen molar-refractivity contribution >= 4 is 39.9 Å². The molecular formula is C23H32BrCl2NO3. The molecule has 0 aromatic heterocycles. The molecule has 0 aliphatic heterocycles. The molecule has 168 valence electrons. The van der Waals surface area contributed by atoms with E-state index in [1.165, 1.54) is 6.42 Å². The van der Waals surface area contributed by atoms with Crippen LogP contribution in [0, 0.1) is 0 Å². The highest BCUT2D eigenvalue weighted by atomic mass is 79.9. The first-order valence-corrected chi connectivity index (χ1v) is 11.4. The molecule has 0 aliphatic carbocycles. The molecule has 0 radical (unpaired) electrons. The van der Waals surface area contributed by atoms with Crippen LogP contribution >= 0.6 is 39.9 Å². The molecule has 1 N–H and O–H groups in total. The lowest BCUT2D eigenvalue weighted by molar-refractivity contribution is 0.129. The summed E-state index contributed by atoms with van der Waals surface area (Å²) in [4.78, 5) is 0. The van der Waals surface area contributed by atoms with Crippen molar-refractivity contribution in [2.75, 3.05) is 26.4 Å². The molecule has 0 atom stereocenters. The predicted octanol–water partition coefficient (Wildman–Crippen LogP) is 6.80. The Morgan fingerprint density at radius 1 is 0.967 bits per heavy atom. The Hall–Kier alpha value is -0.980. The number of ether oxygens (including phenoxy) is 3. The lowest BCUT2D eigenvalue weighted by atomic mass is 10.2. The lowest BCUT2D eigenvalue weighted by Crippen LogP contribution is -2.16. The third-order valence-corrected chi connectivity index (χ3v) is 5.12. The van der Waals surface area contributed by atoms with Gasteiger partial charge < -0.3 is 19.5 Å². The van der Waals surface area contributed by atoms with Gasteiger partial charge in [0.2, 0.25) is 0 Å². The van der Waals surface area contributed by atoms with E-state index in [2.05, 4.69) is 34.2 Å². The molecule has 7 heteroatoms. The summed E-state index contributed by atoms with van der Waals surface area (Å²) in [6.07, 6.45) is 3.31. The summed E-state index contributed by atoms with van der Waals surface area (Å²) in [7, 11) is 0. The second kappa shape index (κ2) is 15.8. The predicted molar refractivity (Wildman–Crippen MR) is 130 cm³/mol. The van der Waals surface area contributed by atoms with Gasteiger partial charge in [-0.3, -0.25) is 0 Å². The van der Waals surface area contributed by atoms with Gasteiger partial charge >= 0.3 is 0 Å². The molecule has 0 heterocycles. The van der Waals surface area contributed by atoms with Crippen molar-refractivity contribution in [3.05, 3.63) is 57.0 Å². The minimum Gasteiger partial charge on any atom is -0.490 e. The summed E-state index contributed by atoms with van der Waals surface area (Å²) in [5, 5.41) is 4.18. The Balaban J connectivity index is 0.00000450. The Morgan fingerprint density at radius 3 is 2.40 bits per heavy atom. The third kappa shape index (κ3) is 9.88. The van der Waals surface area contributed by atoms with Crippen molar-refractivity contribution in [2.24, 2.45) is 0 Å². The van der Waals surface area contributed by atoms with E-state index in [1.54, 1.807) is 0 Å². The van der Waals surface area contributed by atoms with Crippen molar-refractivity contribution in [3.8, 4) is 11.5 Å². The van der Waals surface area contributed by atoms with E-state index in [-0.39, 0.29) is 12.4 Å². The monoisotopic (exact) mass is 519 g/mol. The zero-order valence-corrected chi connectivity index (χ0v) is 20.9. The van der Waals surface area contributed by atoms with Crippen molar-refractivity contribution in [3.63, 3.8) is 0 Å². The van der Waals surface area contributed by atoms with Gasteiger partial charge in [-0.05, 0) is 77.6 Å². The minimum atomic E-state index is 0. The molecule has 4 nitrogen and oxygen atoms in total. The Labute approximate surface area is 200 Å². The van der Waals surface area contributed by atoms with Crippen LogP contribution in [0.15, 0.2) is 40.9 Å². The van der Waals surface area contributed by atoms with Gasteiger partial charge in [-0.1, -0.05) is 37.1 Å². The van der Waals surface area contributed by atoms with Gasteiger partial charge in [0.1, 0.15) is 6.61 Å². The first kappa shape index (κ1) is 27.1. The summed E-state index contributed by atoms with van der Waals surface area (Å²) in [5.74, 6) is 1.46. The van der Waals surface area contributed by atoms with Crippen LogP contribution in [0.2, 0.25) is 5.02 Å². The molecule has 0 saturated heterocycles. The number of halogens is 3. The molecule has 0 fully saturated rings. The highest BCUT2D eigenvalue weighted by molar-refractivity contribution is 9.10. The zero-order valence-electron chi connectivity index (χ0n) is 17.7. The molecular weight excluding hydrogens is 489 g/mol. The average Bonchev–Trinajstić information content (AvgIpc) is 2.71. The Bertz CT molecular complexity index is 729. The van der Waals surface area contributed by atoms with E-state index in [0.29, 0.717) is 18.2 Å². The number of rotatable bonds is 14. The highest BCUT2D eigenvalue weighted by Gasteiger charge is 2.12. The zero-order chi connectivity index (χ0) is 20.9. The van der Waals surface area contributed by atoms with Gasteiger partial charge in [-0.2, -0.15) is 0 Å². The van der Waals surface area contributed by atoms with Gasteiger partial charge in [0.15, 0.2) is 11.5 Å². The summed E-state index contributed by atoms with van der Waals surface area (Å²) < 4.78 is 18.3. The van der Waals surface area contributed by atoms with Crippen LogP contribution in [0.25, 0.3) is 0 Å². The molecule has 2 rings (SSSR count). The summed E-state index contributed by atoms with van der Waals surface area (Å²) in [5.41, 5.74) is 2.20. The first-order chi connectivity index (χ1) is 14.1. The summed E-state index contributed by atoms with van der Waals surface area (Å²) >= 11 is 9.58. The van der Waals surface area contributed by atoms with Gasteiger partial charge in [-0.15, -0.1) is 12.4 Å². The second-order valence-electron chi connectivity index (χ2n) is 6.75. The van der Waals surface area contributed by atoms with E-state index in [4.69, 9.17) is 25.8 Å². The topological polar surface area (TPSA) is 39.7 Å². The van der Waals surface area contributed by atoms with Gasteiger partial charge in [0.25, 0.3) is 0 Å². The summed E-state index contributed by atoms with van der Waals surface area (Å²) in [6, 6.07) is 11.8. The largest absolute Gasteiger partial charge is 0.490 e. The Morgan fingerprint density at radius 2 is 1.70 bits per heavy atom. The fourth-order valence-corrected chi connectivity index (χ4v) is 3.47. The summed E-state index contributed by atoms with van der Waals surface area (Å²) in [6.45, 7) is 8.53. The van der Waals surface area contributed by atoms with E-state index < -0.39 is 0 Å². The van der Waals surface area contributed by atoms with Crippen molar-refractivity contribution in [2.45, 2.75) is 46.3 Å².